The van der Waals surface area contributed by atoms with Gasteiger partial charge < -0.3 is 19.5 Å². The lowest BCUT2D eigenvalue weighted by Crippen LogP contribution is -2.43. The van der Waals surface area contributed by atoms with Crippen molar-refractivity contribution in [3.8, 4) is 5.75 Å². The Balaban J connectivity index is 2.01. The zero-order valence-electron chi connectivity index (χ0n) is 10.7. The monoisotopic (exact) mass is 283 g/mol. The fourth-order valence-electron chi connectivity index (χ4n) is 1.84. The van der Waals surface area contributed by atoms with E-state index >= 15 is 0 Å². The van der Waals surface area contributed by atoms with Gasteiger partial charge in [-0.05, 0) is 12.1 Å². The van der Waals surface area contributed by atoms with E-state index in [9.17, 15) is 14.0 Å². The van der Waals surface area contributed by atoms with E-state index in [1.807, 2.05) is 0 Å². The minimum absolute atomic E-state index is 0.154. The summed E-state index contributed by atoms with van der Waals surface area (Å²) in [4.78, 5) is 24.4. The number of nitrogens with zero attached hydrogens (tertiary/aromatic N) is 1. The van der Waals surface area contributed by atoms with E-state index in [-0.39, 0.29) is 23.8 Å². The molecule has 6 nitrogen and oxygen atoms in total. The first-order chi connectivity index (χ1) is 9.58. The Kier molecular flexibility index (Phi) is 4.52. The first-order valence-corrected chi connectivity index (χ1v) is 6.09. The van der Waals surface area contributed by atoms with Crippen molar-refractivity contribution in [3.63, 3.8) is 0 Å². The van der Waals surface area contributed by atoms with Crippen molar-refractivity contribution < 1.29 is 28.6 Å². The predicted molar refractivity (Wildman–Crippen MR) is 66.3 cm³/mol. The first-order valence-electron chi connectivity index (χ1n) is 6.09. The molecule has 1 aromatic rings. The number of hydrogen-bond donors (Lipinski definition) is 1. The number of ether oxygens (including phenoxy) is 2. The van der Waals surface area contributed by atoms with Gasteiger partial charge in [-0.3, -0.25) is 4.79 Å². The van der Waals surface area contributed by atoms with Gasteiger partial charge in [-0.25, -0.2) is 9.18 Å². The molecule has 1 fully saturated rings. The highest BCUT2D eigenvalue weighted by molar-refractivity contribution is 5.91. The van der Waals surface area contributed by atoms with Crippen LogP contribution in [0.2, 0.25) is 0 Å². The molecule has 2 rings (SSSR count). The Morgan fingerprint density at radius 2 is 2.05 bits per heavy atom. The van der Waals surface area contributed by atoms with Gasteiger partial charge in [0.15, 0.2) is 6.61 Å². The molecule has 1 aromatic carbocycles. The molecule has 1 saturated heterocycles. The maximum atomic E-state index is 13.1. The fraction of sp³-hybridized carbons (Fsp3) is 0.385. The van der Waals surface area contributed by atoms with Crippen LogP contribution in [0.3, 0.4) is 0 Å². The largest absolute Gasteiger partial charge is 0.483 e. The van der Waals surface area contributed by atoms with Crippen LogP contribution in [0, 0.1) is 5.82 Å². The third kappa shape index (κ3) is 3.45. The quantitative estimate of drug-likeness (QED) is 0.883. The molecule has 0 aliphatic carbocycles. The Morgan fingerprint density at radius 1 is 1.35 bits per heavy atom. The lowest BCUT2D eigenvalue weighted by atomic mass is 10.2. The highest BCUT2D eigenvalue weighted by Crippen LogP contribution is 2.20. The van der Waals surface area contributed by atoms with Gasteiger partial charge in [0.05, 0.1) is 13.2 Å². The van der Waals surface area contributed by atoms with Crippen LogP contribution in [-0.4, -0.2) is 54.8 Å². The van der Waals surface area contributed by atoms with Gasteiger partial charge in [0.1, 0.15) is 17.1 Å². The molecule has 0 spiro atoms. The average Bonchev–Trinajstić information content (AvgIpc) is 2.45. The summed E-state index contributed by atoms with van der Waals surface area (Å²) in [6.45, 7) is 1.54. The third-order valence-electron chi connectivity index (χ3n) is 2.89. The topological polar surface area (TPSA) is 76.1 Å². The minimum Gasteiger partial charge on any atom is -0.483 e. The second-order valence-electron chi connectivity index (χ2n) is 4.23. The van der Waals surface area contributed by atoms with E-state index in [1.165, 1.54) is 0 Å². The van der Waals surface area contributed by atoms with Crippen molar-refractivity contribution in [2.75, 3.05) is 32.9 Å². The van der Waals surface area contributed by atoms with Crippen LogP contribution in [0.4, 0.5) is 4.39 Å². The lowest BCUT2D eigenvalue weighted by Gasteiger charge is -2.26. The summed E-state index contributed by atoms with van der Waals surface area (Å²) >= 11 is 0. The molecule has 1 amide bonds. The molecule has 108 valence electrons. The molecule has 0 saturated carbocycles. The molecule has 1 heterocycles. The highest BCUT2D eigenvalue weighted by atomic mass is 19.1. The van der Waals surface area contributed by atoms with Crippen LogP contribution in [-0.2, 0) is 9.53 Å². The maximum Gasteiger partial charge on any atom is 0.339 e. The number of benzene rings is 1. The van der Waals surface area contributed by atoms with E-state index in [2.05, 4.69) is 0 Å². The summed E-state index contributed by atoms with van der Waals surface area (Å²) in [5.74, 6) is -2.30. The lowest BCUT2D eigenvalue weighted by molar-refractivity contribution is -0.137. The molecule has 0 bridgehead atoms. The smallest absolute Gasteiger partial charge is 0.339 e. The van der Waals surface area contributed by atoms with E-state index in [0.717, 1.165) is 18.2 Å². The van der Waals surface area contributed by atoms with Crippen molar-refractivity contribution in [3.05, 3.63) is 29.6 Å². The van der Waals surface area contributed by atoms with E-state index in [0.29, 0.717) is 26.3 Å². The number of rotatable bonds is 4. The molecule has 7 heteroatoms. The van der Waals surface area contributed by atoms with Gasteiger partial charge in [0.2, 0.25) is 0 Å². The van der Waals surface area contributed by atoms with Crippen LogP contribution in [0.15, 0.2) is 18.2 Å². The van der Waals surface area contributed by atoms with Crippen molar-refractivity contribution in [2.45, 2.75) is 0 Å². The van der Waals surface area contributed by atoms with Gasteiger partial charge >= 0.3 is 5.97 Å². The maximum absolute atomic E-state index is 13.1. The first kappa shape index (κ1) is 14.3. The van der Waals surface area contributed by atoms with Crippen molar-refractivity contribution in [2.24, 2.45) is 0 Å². The molecular weight excluding hydrogens is 269 g/mol. The number of carbonyl (C=O) groups excluding carboxylic acids is 1. The van der Waals surface area contributed by atoms with Crippen LogP contribution in [0.5, 0.6) is 5.75 Å². The van der Waals surface area contributed by atoms with E-state index in [1.54, 1.807) is 4.90 Å². The number of carboxylic acid groups (broad SMARTS) is 1. The molecule has 1 N–H and O–H groups in total. The number of amides is 1. The van der Waals surface area contributed by atoms with Gasteiger partial charge in [-0.2, -0.15) is 0 Å². The SMILES string of the molecule is O=C(O)c1ccc(F)cc1OCC(=O)N1CCOCC1. The van der Waals surface area contributed by atoms with Gasteiger partial charge in [0, 0.05) is 19.2 Å². The zero-order valence-corrected chi connectivity index (χ0v) is 10.7. The van der Waals surface area contributed by atoms with Crippen LogP contribution < -0.4 is 4.74 Å². The standard InChI is InChI=1S/C13H14FNO5/c14-9-1-2-10(13(17)18)11(7-9)20-8-12(16)15-3-5-19-6-4-15/h1-2,7H,3-6,8H2,(H,17,18). The normalized spacial score (nSPS) is 14.9. The van der Waals surface area contributed by atoms with E-state index < -0.39 is 11.8 Å². The molecule has 1 aliphatic heterocycles. The Bertz CT molecular complexity index is 513. The average molecular weight is 283 g/mol. The summed E-state index contributed by atoms with van der Waals surface area (Å²) in [6, 6.07) is 3.09. The fourth-order valence-corrected chi connectivity index (χ4v) is 1.84. The number of halogens is 1. The number of carbonyl (C=O) groups is 2. The van der Waals surface area contributed by atoms with Crippen molar-refractivity contribution in [1.82, 2.24) is 4.90 Å². The van der Waals surface area contributed by atoms with Crippen LogP contribution in [0.1, 0.15) is 10.4 Å². The minimum atomic E-state index is -1.24. The van der Waals surface area contributed by atoms with Crippen molar-refractivity contribution >= 4 is 11.9 Å². The Labute approximate surface area is 114 Å². The second-order valence-corrected chi connectivity index (χ2v) is 4.23. The third-order valence-corrected chi connectivity index (χ3v) is 2.89. The summed E-state index contributed by atoms with van der Waals surface area (Å²) in [6.07, 6.45) is 0. The predicted octanol–water partition coefficient (Wildman–Crippen LogP) is 0.762. The summed E-state index contributed by atoms with van der Waals surface area (Å²) in [5, 5.41) is 8.96. The van der Waals surface area contributed by atoms with Crippen molar-refractivity contribution in [1.29, 1.82) is 0 Å². The Morgan fingerprint density at radius 3 is 2.70 bits per heavy atom. The summed E-state index contributed by atoms with van der Waals surface area (Å²) in [7, 11) is 0. The molecule has 0 radical (unpaired) electrons. The molecule has 0 aromatic heterocycles. The number of morpholine rings is 1. The molecular formula is C13H14FNO5. The van der Waals surface area contributed by atoms with Gasteiger partial charge in [-0.15, -0.1) is 0 Å². The Hall–Kier alpha value is -2.15. The van der Waals surface area contributed by atoms with Crippen LogP contribution in [0.25, 0.3) is 0 Å². The number of aromatic carboxylic acids is 1. The summed E-state index contributed by atoms with van der Waals surface area (Å²) in [5.41, 5.74) is -0.179. The number of hydrogen-bond acceptors (Lipinski definition) is 4. The zero-order chi connectivity index (χ0) is 14.5. The molecule has 1 aliphatic rings. The van der Waals surface area contributed by atoms with Crippen LogP contribution >= 0.6 is 0 Å². The van der Waals surface area contributed by atoms with Gasteiger partial charge in [0.25, 0.3) is 5.91 Å². The highest BCUT2D eigenvalue weighted by Gasteiger charge is 2.19. The van der Waals surface area contributed by atoms with Gasteiger partial charge in [-0.1, -0.05) is 0 Å². The molecule has 20 heavy (non-hydrogen) atoms. The molecule has 0 atom stereocenters. The second kappa shape index (κ2) is 6.33. The molecule has 0 unspecified atom stereocenters. The summed E-state index contributed by atoms with van der Waals surface area (Å²) < 4.78 is 23.4. The van der Waals surface area contributed by atoms with E-state index in [4.69, 9.17) is 14.6 Å². The number of carboxylic acids is 1.